The van der Waals surface area contributed by atoms with Gasteiger partial charge in [-0.15, -0.1) is 0 Å². The van der Waals surface area contributed by atoms with Crippen molar-refractivity contribution in [3.63, 3.8) is 0 Å². The number of aromatic carboxylic acids is 1. The number of nitrogens with one attached hydrogen (secondary N) is 1. The number of benzene rings is 1. The molecule has 39 heavy (non-hydrogen) atoms. The summed E-state index contributed by atoms with van der Waals surface area (Å²) in [5.74, 6) is 2.54. The molecule has 1 aromatic carbocycles. The fraction of sp³-hybridized carbons (Fsp3) is 0.250. The average molecular weight is 529 g/mol. The highest BCUT2D eigenvalue weighted by atomic mass is 16.5. The van der Waals surface area contributed by atoms with Crippen molar-refractivity contribution in [1.29, 1.82) is 0 Å². The molecule has 0 aliphatic carbocycles. The minimum Gasteiger partial charge on any atom is -0.488 e. The average Bonchev–Trinajstić information content (AvgIpc) is 2.95. The zero-order valence-electron chi connectivity index (χ0n) is 21.4. The van der Waals surface area contributed by atoms with Crippen LogP contribution >= 0.6 is 0 Å². The third-order valence-electron chi connectivity index (χ3n) is 5.92. The smallest absolute Gasteiger partial charge is 0.335 e. The molecule has 1 unspecified atom stereocenters. The number of hydrogen-bond acceptors (Lipinski definition) is 10. The zero-order chi connectivity index (χ0) is 27.0. The predicted molar refractivity (Wildman–Crippen MR) is 144 cm³/mol. The molecule has 0 spiro atoms. The van der Waals surface area contributed by atoms with Crippen molar-refractivity contribution >= 4 is 23.4 Å². The number of nitrogens with zero attached hydrogens (tertiary/aromatic N) is 5. The van der Waals surface area contributed by atoms with Crippen LogP contribution in [-0.2, 0) is 0 Å². The third-order valence-corrected chi connectivity index (χ3v) is 5.92. The lowest BCUT2D eigenvalue weighted by Crippen LogP contribution is -2.41. The number of anilines is 3. The van der Waals surface area contributed by atoms with Crippen molar-refractivity contribution in [3.05, 3.63) is 78.8 Å². The molecule has 11 heteroatoms. The number of aromatic nitrogens is 4. The molecule has 200 valence electrons. The van der Waals surface area contributed by atoms with E-state index >= 15 is 0 Å². The summed E-state index contributed by atoms with van der Waals surface area (Å²) in [7, 11) is 0. The Bertz CT molecular complexity index is 1430. The van der Waals surface area contributed by atoms with E-state index in [-0.39, 0.29) is 11.7 Å². The minimum atomic E-state index is -1.03. The molecule has 1 aliphatic rings. The number of ether oxygens (including phenoxy) is 3. The van der Waals surface area contributed by atoms with Gasteiger partial charge in [-0.2, -0.15) is 4.98 Å². The van der Waals surface area contributed by atoms with E-state index in [0.29, 0.717) is 48.0 Å². The molecule has 0 radical (unpaired) electrons. The molecular weight excluding hydrogens is 500 g/mol. The summed E-state index contributed by atoms with van der Waals surface area (Å²) in [6.45, 7) is 3.93. The number of carboxylic acid groups (broad SMARTS) is 1. The van der Waals surface area contributed by atoms with Gasteiger partial charge in [-0.1, -0.05) is 12.1 Å². The third kappa shape index (κ3) is 6.69. The first-order valence-corrected chi connectivity index (χ1v) is 12.6. The van der Waals surface area contributed by atoms with E-state index in [9.17, 15) is 9.90 Å². The summed E-state index contributed by atoms with van der Waals surface area (Å²) in [5.41, 5.74) is 0.133. The lowest BCUT2D eigenvalue weighted by atomic mass is 10.1. The van der Waals surface area contributed by atoms with Gasteiger partial charge in [-0.25, -0.2) is 14.8 Å². The summed E-state index contributed by atoms with van der Waals surface area (Å²) in [5, 5.41) is 12.4. The maximum absolute atomic E-state index is 11.2. The SMILES string of the molecule is CCOc1cccnc1OC1CCCN(c2cncc(Nc3cccc(Oc4cccc(C(=O)O)c4)n3)n2)C1. The Morgan fingerprint density at radius 2 is 2.00 bits per heavy atom. The minimum absolute atomic E-state index is 0.0682. The van der Waals surface area contributed by atoms with Crippen LogP contribution in [0.1, 0.15) is 30.1 Å². The second kappa shape index (κ2) is 12.1. The largest absolute Gasteiger partial charge is 0.488 e. The molecule has 1 aliphatic heterocycles. The van der Waals surface area contributed by atoms with Crippen molar-refractivity contribution in [1.82, 2.24) is 19.9 Å². The summed E-state index contributed by atoms with van der Waals surface area (Å²) in [6, 6.07) is 15.2. The Kier molecular flexibility index (Phi) is 7.96. The van der Waals surface area contributed by atoms with E-state index in [4.69, 9.17) is 19.2 Å². The van der Waals surface area contributed by atoms with Crippen LogP contribution in [0.3, 0.4) is 0 Å². The van der Waals surface area contributed by atoms with Gasteiger partial charge in [0, 0.05) is 18.8 Å². The Morgan fingerprint density at radius 1 is 1.10 bits per heavy atom. The van der Waals surface area contributed by atoms with Crippen molar-refractivity contribution in [2.45, 2.75) is 25.9 Å². The van der Waals surface area contributed by atoms with Crippen molar-refractivity contribution in [2.24, 2.45) is 0 Å². The van der Waals surface area contributed by atoms with Crippen LogP contribution in [0.4, 0.5) is 17.5 Å². The van der Waals surface area contributed by atoms with Crippen LogP contribution in [0, 0.1) is 0 Å². The molecule has 1 saturated heterocycles. The van der Waals surface area contributed by atoms with E-state index < -0.39 is 5.97 Å². The number of carboxylic acids is 1. The second-order valence-electron chi connectivity index (χ2n) is 8.75. The molecule has 0 bridgehead atoms. The normalized spacial score (nSPS) is 14.9. The van der Waals surface area contributed by atoms with Gasteiger partial charge in [0.15, 0.2) is 11.6 Å². The van der Waals surface area contributed by atoms with Crippen LogP contribution in [0.25, 0.3) is 0 Å². The molecule has 0 amide bonds. The second-order valence-corrected chi connectivity index (χ2v) is 8.75. The highest BCUT2D eigenvalue weighted by Crippen LogP contribution is 2.28. The quantitative estimate of drug-likeness (QED) is 0.290. The van der Waals surface area contributed by atoms with Gasteiger partial charge < -0.3 is 29.5 Å². The van der Waals surface area contributed by atoms with Crippen LogP contribution in [0.2, 0.25) is 0 Å². The monoisotopic (exact) mass is 528 g/mol. The van der Waals surface area contributed by atoms with Crippen LogP contribution in [0.15, 0.2) is 73.2 Å². The number of rotatable bonds is 10. The van der Waals surface area contributed by atoms with Crippen LogP contribution in [-0.4, -0.2) is 56.8 Å². The zero-order valence-corrected chi connectivity index (χ0v) is 21.4. The van der Waals surface area contributed by atoms with Crippen LogP contribution in [0.5, 0.6) is 23.3 Å². The summed E-state index contributed by atoms with van der Waals surface area (Å²) < 4.78 is 17.6. The van der Waals surface area contributed by atoms with E-state index in [2.05, 4.69) is 25.2 Å². The Hall–Kier alpha value is -4.93. The highest BCUT2D eigenvalue weighted by Gasteiger charge is 2.24. The van der Waals surface area contributed by atoms with Crippen LogP contribution < -0.4 is 24.4 Å². The lowest BCUT2D eigenvalue weighted by Gasteiger charge is -2.33. The molecule has 1 fully saturated rings. The van der Waals surface area contributed by atoms with E-state index in [1.807, 2.05) is 19.1 Å². The predicted octanol–water partition coefficient (Wildman–Crippen LogP) is 4.95. The van der Waals surface area contributed by atoms with E-state index in [0.717, 1.165) is 25.2 Å². The first-order chi connectivity index (χ1) is 19.1. The Morgan fingerprint density at radius 3 is 2.87 bits per heavy atom. The van der Waals surface area contributed by atoms with E-state index in [1.165, 1.54) is 12.1 Å². The van der Waals surface area contributed by atoms with Gasteiger partial charge in [0.25, 0.3) is 5.88 Å². The number of carbonyl (C=O) groups is 1. The summed E-state index contributed by atoms with van der Waals surface area (Å²) in [6.07, 6.45) is 6.81. The Balaban J connectivity index is 1.25. The standard InChI is InChI=1S/C28H28N6O5/c1-2-37-22-10-5-13-30-27(22)39-21-9-6-14-34(18-21)25-17-29-16-24(32-25)31-23-11-4-12-26(33-23)38-20-8-3-7-19(15-20)28(35)36/h3-5,7-8,10-13,15-17,21H,2,6,9,14,18H2,1H3,(H,35,36)(H,31,32,33). The fourth-order valence-corrected chi connectivity index (χ4v) is 4.18. The number of pyridine rings is 2. The molecule has 1 atom stereocenters. The summed E-state index contributed by atoms with van der Waals surface area (Å²) >= 11 is 0. The molecule has 5 rings (SSSR count). The maximum atomic E-state index is 11.2. The van der Waals surface area contributed by atoms with Gasteiger partial charge >= 0.3 is 5.97 Å². The first-order valence-electron chi connectivity index (χ1n) is 12.6. The molecule has 11 nitrogen and oxygen atoms in total. The Labute approximate surface area is 225 Å². The van der Waals surface area contributed by atoms with Gasteiger partial charge in [-0.05, 0) is 56.2 Å². The first kappa shape index (κ1) is 25.7. The topological polar surface area (TPSA) is 132 Å². The summed E-state index contributed by atoms with van der Waals surface area (Å²) in [4.78, 5) is 31.3. The van der Waals surface area contributed by atoms with Gasteiger partial charge in [0.2, 0.25) is 5.88 Å². The number of piperidine rings is 1. The van der Waals surface area contributed by atoms with Gasteiger partial charge in [0.1, 0.15) is 23.5 Å². The molecule has 3 aromatic heterocycles. The maximum Gasteiger partial charge on any atom is 0.335 e. The van der Waals surface area contributed by atoms with E-state index in [1.54, 1.807) is 48.9 Å². The van der Waals surface area contributed by atoms with Crippen molar-refractivity contribution in [2.75, 3.05) is 29.9 Å². The van der Waals surface area contributed by atoms with Gasteiger partial charge in [-0.3, -0.25) is 4.98 Å². The molecular formula is C28H28N6O5. The molecule has 2 N–H and O–H groups in total. The fourth-order valence-electron chi connectivity index (χ4n) is 4.18. The van der Waals surface area contributed by atoms with Crippen molar-refractivity contribution in [3.8, 4) is 23.3 Å². The van der Waals surface area contributed by atoms with Crippen molar-refractivity contribution < 1.29 is 24.1 Å². The van der Waals surface area contributed by atoms with Gasteiger partial charge in [0.05, 0.1) is 31.1 Å². The molecule has 4 heterocycles. The molecule has 4 aromatic rings. The highest BCUT2D eigenvalue weighted by molar-refractivity contribution is 5.88. The lowest BCUT2D eigenvalue weighted by molar-refractivity contribution is 0.0696. The number of hydrogen-bond donors (Lipinski definition) is 2. The molecule has 0 saturated carbocycles.